The Morgan fingerprint density at radius 2 is 2.31 bits per heavy atom. The number of thiazole rings is 1. The van der Waals surface area contributed by atoms with Crippen LogP contribution >= 0.6 is 11.3 Å². The molecular weight excluding hydrogens is 208 g/mol. The van der Waals surface area contributed by atoms with Crippen LogP contribution in [0, 0.1) is 0 Å². The molecule has 6 heteroatoms. The largest absolute Gasteiger partial charge is 0.382 e. The number of nitrogens with zero attached hydrogens (tertiary/aromatic N) is 1. The fourth-order valence-electron chi connectivity index (χ4n) is 0.785. The summed E-state index contributed by atoms with van der Waals surface area (Å²) in [5.41, 5.74) is 5.48. The second-order valence-electron chi connectivity index (χ2n) is 2.38. The highest BCUT2D eigenvalue weighted by atomic mass is 32.2. The Balaban J connectivity index is 3.09. The fourth-order valence-corrected chi connectivity index (χ4v) is 2.82. The molecule has 0 fully saturated rings. The minimum absolute atomic E-state index is 0.130. The summed E-state index contributed by atoms with van der Waals surface area (Å²) in [5, 5.41) is 0. The summed E-state index contributed by atoms with van der Waals surface area (Å²) < 4.78 is 11.7. The molecule has 1 aromatic rings. The van der Waals surface area contributed by atoms with E-state index in [0.29, 0.717) is 15.0 Å². The zero-order valence-electron chi connectivity index (χ0n) is 7.36. The van der Waals surface area contributed by atoms with E-state index in [1.165, 1.54) is 6.92 Å². The maximum Gasteiger partial charge on any atom is 0.183 e. The van der Waals surface area contributed by atoms with Gasteiger partial charge in [-0.2, -0.15) is 0 Å². The van der Waals surface area contributed by atoms with E-state index in [0.717, 1.165) is 11.3 Å². The van der Waals surface area contributed by atoms with Crippen molar-refractivity contribution in [3.8, 4) is 0 Å². The third-order valence-corrected chi connectivity index (χ3v) is 4.19. The molecule has 1 rings (SSSR count). The summed E-state index contributed by atoms with van der Waals surface area (Å²) in [7, 11) is -1.12. The highest BCUT2D eigenvalue weighted by Crippen LogP contribution is 2.23. The molecule has 0 aliphatic rings. The number of ketones is 1. The van der Waals surface area contributed by atoms with E-state index in [2.05, 4.69) is 4.98 Å². The van der Waals surface area contributed by atoms with Gasteiger partial charge in [0.2, 0.25) is 0 Å². The predicted molar refractivity (Wildman–Crippen MR) is 53.5 cm³/mol. The summed E-state index contributed by atoms with van der Waals surface area (Å²) in [6, 6.07) is 0. The zero-order chi connectivity index (χ0) is 10.0. The summed E-state index contributed by atoms with van der Waals surface area (Å²) in [6.07, 6.45) is 0. The lowest BCUT2D eigenvalue weighted by Crippen LogP contribution is -1.95. The van der Waals surface area contributed by atoms with Crippen molar-refractivity contribution in [1.82, 2.24) is 4.98 Å². The van der Waals surface area contributed by atoms with Gasteiger partial charge in [0.15, 0.2) is 10.1 Å². The first-order valence-electron chi connectivity index (χ1n) is 3.71. The van der Waals surface area contributed by atoms with Crippen LogP contribution in [0.3, 0.4) is 0 Å². The number of nitrogens with two attached hydrogens (primary N) is 1. The van der Waals surface area contributed by atoms with Crippen molar-refractivity contribution in [3.63, 3.8) is 0 Å². The molecular formula is C7H10N2O2S2. The Labute approximate surface area is 82.6 Å². The van der Waals surface area contributed by atoms with Crippen LogP contribution in [0.4, 0.5) is 5.82 Å². The molecule has 0 radical (unpaired) electrons. The smallest absolute Gasteiger partial charge is 0.183 e. The first-order valence-corrected chi connectivity index (χ1v) is 5.85. The number of hydrogen-bond donors (Lipinski definition) is 1. The van der Waals surface area contributed by atoms with E-state index in [4.69, 9.17) is 5.73 Å². The van der Waals surface area contributed by atoms with Gasteiger partial charge >= 0.3 is 0 Å². The molecule has 1 heterocycles. The molecule has 0 aliphatic carbocycles. The number of rotatable bonds is 3. The van der Waals surface area contributed by atoms with Gasteiger partial charge in [0.05, 0.1) is 10.8 Å². The topological polar surface area (TPSA) is 73.1 Å². The zero-order valence-corrected chi connectivity index (χ0v) is 9.00. The fraction of sp³-hybridized carbons (Fsp3) is 0.429. The van der Waals surface area contributed by atoms with E-state index in [9.17, 15) is 9.00 Å². The number of carbonyl (C=O) groups excluding carboxylic acids is 1. The van der Waals surface area contributed by atoms with Crippen molar-refractivity contribution in [2.75, 3.05) is 11.5 Å². The van der Waals surface area contributed by atoms with Crippen LogP contribution in [0.5, 0.6) is 0 Å². The van der Waals surface area contributed by atoms with E-state index in [-0.39, 0.29) is 11.6 Å². The number of aromatic nitrogens is 1. The second kappa shape index (κ2) is 3.97. The molecule has 0 amide bonds. The highest BCUT2D eigenvalue weighted by molar-refractivity contribution is 7.87. The number of hydrogen-bond acceptors (Lipinski definition) is 5. The molecule has 0 saturated carbocycles. The molecule has 2 N–H and O–H groups in total. The van der Waals surface area contributed by atoms with Crippen LogP contribution in [-0.2, 0) is 10.8 Å². The summed E-state index contributed by atoms with van der Waals surface area (Å²) in [6.45, 7) is 3.21. The van der Waals surface area contributed by atoms with Gasteiger partial charge in [-0.25, -0.2) is 4.98 Å². The van der Waals surface area contributed by atoms with Crippen LogP contribution < -0.4 is 5.73 Å². The Morgan fingerprint density at radius 3 is 2.69 bits per heavy atom. The molecule has 72 valence electrons. The lowest BCUT2D eigenvalue weighted by Gasteiger charge is -1.87. The minimum Gasteiger partial charge on any atom is -0.382 e. The molecule has 4 nitrogen and oxygen atoms in total. The third kappa shape index (κ3) is 2.13. The average Bonchev–Trinajstić information content (AvgIpc) is 2.46. The molecule has 1 unspecified atom stereocenters. The predicted octanol–water partition coefficient (Wildman–Crippen LogP) is 1.06. The van der Waals surface area contributed by atoms with Crippen LogP contribution in [0.1, 0.15) is 23.5 Å². The summed E-state index contributed by atoms with van der Waals surface area (Å²) >= 11 is 1.11. The average molecular weight is 218 g/mol. The van der Waals surface area contributed by atoms with Gasteiger partial charge in [-0.05, 0) is 0 Å². The van der Waals surface area contributed by atoms with Gasteiger partial charge in [0, 0.05) is 12.7 Å². The standard InChI is InChI=1S/C7H10N2O2S2/c1-3-13(11)7-9-6(8)5(12-7)4(2)10/h3,8H2,1-2H3. The molecule has 1 atom stereocenters. The van der Waals surface area contributed by atoms with Crippen molar-refractivity contribution in [3.05, 3.63) is 4.88 Å². The van der Waals surface area contributed by atoms with E-state index in [1.54, 1.807) is 6.92 Å². The molecule has 0 spiro atoms. The van der Waals surface area contributed by atoms with Crippen molar-refractivity contribution < 1.29 is 9.00 Å². The van der Waals surface area contributed by atoms with E-state index in [1.807, 2.05) is 0 Å². The van der Waals surface area contributed by atoms with Gasteiger partial charge in [-0.15, -0.1) is 0 Å². The molecule has 0 saturated heterocycles. The normalized spacial score (nSPS) is 12.8. The van der Waals surface area contributed by atoms with Gasteiger partial charge in [0.25, 0.3) is 0 Å². The molecule has 0 aliphatic heterocycles. The quantitative estimate of drug-likeness (QED) is 0.770. The maximum absolute atomic E-state index is 11.3. The minimum atomic E-state index is -1.12. The Hall–Kier alpha value is -0.750. The third-order valence-electron chi connectivity index (χ3n) is 1.41. The van der Waals surface area contributed by atoms with Crippen LogP contribution in [0.25, 0.3) is 0 Å². The summed E-state index contributed by atoms with van der Waals surface area (Å²) in [4.78, 5) is 15.3. The molecule has 0 aromatic carbocycles. The molecule has 0 bridgehead atoms. The first kappa shape index (κ1) is 10.3. The van der Waals surface area contributed by atoms with E-state index >= 15 is 0 Å². The van der Waals surface area contributed by atoms with Crippen molar-refractivity contribution in [2.24, 2.45) is 0 Å². The lowest BCUT2D eigenvalue weighted by molar-refractivity contribution is 0.102. The number of anilines is 1. The van der Waals surface area contributed by atoms with Gasteiger partial charge < -0.3 is 5.73 Å². The first-order chi connectivity index (χ1) is 6.06. The molecule has 1 aromatic heterocycles. The Kier molecular flexibility index (Phi) is 3.16. The Morgan fingerprint density at radius 1 is 1.69 bits per heavy atom. The lowest BCUT2D eigenvalue weighted by atomic mass is 10.4. The van der Waals surface area contributed by atoms with Crippen molar-refractivity contribution >= 4 is 33.7 Å². The SMILES string of the molecule is CCS(=O)c1nc(N)c(C(C)=O)s1. The van der Waals surface area contributed by atoms with Crippen molar-refractivity contribution in [2.45, 2.75) is 18.2 Å². The van der Waals surface area contributed by atoms with Crippen molar-refractivity contribution in [1.29, 1.82) is 0 Å². The van der Waals surface area contributed by atoms with Crippen LogP contribution in [0.15, 0.2) is 4.34 Å². The summed E-state index contributed by atoms with van der Waals surface area (Å²) in [5.74, 6) is 0.549. The number of nitrogen functional groups attached to an aromatic ring is 1. The number of carbonyl (C=O) groups is 1. The van der Waals surface area contributed by atoms with Gasteiger partial charge in [0.1, 0.15) is 10.7 Å². The van der Waals surface area contributed by atoms with Gasteiger partial charge in [-0.3, -0.25) is 9.00 Å². The van der Waals surface area contributed by atoms with Crippen LogP contribution in [0.2, 0.25) is 0 Å². The number of Topliss-reactive ketones (excluding diaryl/α,β-unsaturated/α-hetero) is 1. The Bertz CT molecular complexity index is 359. The maximum atomic E-state index is 11.3. The monoisotopic (exact) mass is 218 g/mol. The molecule has 13 heavy (non-hydrogen) atoms. The van der Waals surface area contributed by atoms with Crippen LogP contribution in [-0.4, -0.2) is 20.7 Å². The second-order valence-corrected chi connectivity index (χ2v) is 5.30. The van der Waals surface area contributed by atoms with Gasteiger partial charge in [-0.1, -0.05) is 18.3 Å². The highest BCUT2D eigenvalue weighted by Gasteiger charge is 2.15. The van der Waals surface area contributed by atoms with E-state index < -0.39 is 10.8 Å².